The lowest BCUT2D eigenvalue weighted by molar-refractivity contribution is -0.120. The number of benzene rings is 1. The number of carbonyl (C=O) groups excluding carboxylic acids is 1. The predicted molar refractivity (Wildman–Crippen MR) is 74.3 cm³/mol. The lowest BCUT2D eigenvalue weighted by Gasteiger charge is -2.19. The van der Waals surface area contributed by atoms with Crippen LogP contribution < -0.4 is 10.5 Å². The normalized spacial score (nSPS) is 12.9. The van der Waals surface area contributed by atoms with Crippen LogP contribution in [-0.2, 0) is 14.8 Å². The van der Waals surface area contributed by atoms with E-state index in [1.54, 1.807) is 13.8 Å². The summed E-state index contributed by atoms with van der Waals surface area (Å²) in [5.74, 6) is -1.08. The molecular formula is C12H14ClN3O3S. The molecule has 0 fully saturated rings. The van der Waals surface area contributed by atoms with E-state index in [4.69, 9.17) is 22.6 Å². The summed E-state index contributed by atoms with van der Waals surface area (Å²) in [7, 11) is -4.00. The molecule has 0 saturated carbocycles. The van der Waals surface area contributed by atoms with Gasteiger partial charge in [0, 0.05) is 0 Å². The first-order chi connectivity index (χ1) is 9.19. The van der Waals surface area contributed by atoms with E-state index in [1.165, 1.54) is 18.2 Å². The summed E-state index contributed by atoms with van der Waals surface area (Å²) in [4.78, 5) is 11.1. The van der Waals surface area contributed by atoms with Gasteiger partial charge in [0.15, 0.2) is 0 Å². The molecule has 0 aromatic heterocycles. The van der Waals surface area contributed by atoms with Crippen LogP contribution in [0.4, 0.5) is 0 Å². The Bertz CT molecular complexity index is 665. The Kier molecular flexibility index (Phi) is 5.11. The minimum Gasteiger partial charge on any atom is -0.368 e. The maximum atomic E-state index is 12.2. The number of amides is 1. The van der Waals surface area contributed by atoms with Crippen LogP contribution in [0.3, 0.4) is 0 Å². The summed E-state index contributed by atoms with van der Waals surface area (Å²) in [5.41, 5.74) is 5.40. The highest BCUT2D eigenvalue weighted by Crippen LogP contribution is 2.23. The lowest BCUT2D eigenvalue weighted by Crippen LogP contribution is -2.47. The number of nitrogens with one attached hydrogen (secondary N) is 1. The van der Waals surface area contributed by atoms with Crippen molar-refractivity contribution in [2.45, 2.75) is 24.8 Å². The van der Waals surface area contributed by atoms with E-state index in [-0.39, 0.29) is 21.4 Å². The fraction of sp³-hybridized carbons (Fsp3) is 0.333. The number of hydrogen-bond acceptors (Lipinski definition) is 4. The summed E-state index contributed by atoms with van der Waals surface area (Å²) in [6.45, 7) is 3.33. The van der Waals surface area contributed by atoms with Crippen molar-refractivity contribution < 1.29 is 13.2 Å². The summed E-state index contributed by atoms with van der Waals surface area (Å²) < 4.78 is 26.6. The molecule has 0 bridgehead atoms. The number of halogens is 1. The number of primary amides is 1. The van der Waals surface area contributed by atoms with Crippen molar-refractivity contribution in [2.75, 3.05) is 0 Å². The van der Waals surface area contributed by atoms with E-state index < -0.39 is 22.0 Å². The molecule has 108 valence electrons. The van der Waals surface area contributed by atoms with Crippen LogP contribution in [0.1, 0.15) is 19.4 Å². The molecule has 8 heteroatoms. The van der Waals surface area contributed by atoms with E-state index >= 15 is 0 Å². The summed E-state index contributed by atoms with van der Waals surface area (Å²) in [5, 5.41) is 8.62. The van der Waals surface area contributed by atoms with Crippen LogP contribution in [0.2, 0.25) is 5.02 Å². The molecule has 0 heterocycles. The van der Waals surface area contributed by atoms with Crippen molar-refractivity contribution in [1.82, 2.24) is 4.72 Å². The molecule has 1 unspecified atom stereocenters. The molecule has 1 aromatic rings. The first-order valence-electron chi connectivity index (χ1n) is 5.70. The van der Waals surface area contributed by atoms with Crippen molar-refractivity contribution >= 4 is 27.5 Å². The lowest BCUT2D eigenvalue weighted by atomic mass is 10.1. The molecule has 0 radical (unpaired) electrons. The van der Waals surface area contributed by atoms with Gasteiger partial charge in [-0.3, -0.25) is 4.79 Å². The molecule has 1 rings (SSSR count). The largest absolute Gasteiger partial charge is 0.368 e. The molecule has 0 aliphatic rings. The zero-order valence-electron chi connectivity index (χ0n) is 10.9. The Morgan fingerprint density at radius 2 is 2.05 bits per heavy atom. The van der Waals surface area contributed by atoms with Crippen LogP contribution in [0.25, 0.3) is 0 Å². The number of sulfonamides is 1. The summed E-state index contributed by atoms with van der Waals surface area (Å²) in [6.07, 6.45) is 0. The second-order valence-corrected chi connectivity index (χ2v) is 6.59. The molecule has 0 saturated heterocycles. The topological polar surface area (TPSA) is 113 Å². The van der Waals surface area contributed by atoms with E-state index in [0.717, 1.165) is 0 Å². The quantitative estimate of drug-likeness (QED) is 0.843. The van der Waals surface area contributed by atoms with Crippen LogP contribution >= 0.6 is 11.6 Å². The van der Waals surface area contributed by atoms with Gasteiger partial charge in [0.1, 0.15) is 10.9 Å². The molecule has 0 aliphatic carbocycles. The van der Waals surface area contributed by atoms with Crippen molar-refractivity contribution in [2.24, 2.45) is 11.7 Å². The highest BCUT2D eigenvalue weighted by atomic mass is 35.5. The highest BCUT2D eigenvalue weighted by molar-refractivity contribution is 7.89. The summed E-state index contributed by atoms with van der Waals surface area (Å²) >= 11 is 5.85. The van der Waals surface area contributed by atoms with Gasteiger partial charge in [-0.2, -0.15) is 9.98 Å². The maximum Gasteiger partial charge on any atom is 0.242 e. The molecule has 3 N–H and O–H groups in total. The average molecular weight is 316 g/mol. The summed E-state index contributed by atoms with van der Waals surface area (Å²) in [6, 6.07) is 4.59. The molecular weight excluding hydrogens is 302 g/mol. The molecule has 1 amide bonds. The third-order valence-corrected chi connectivity index (χ3v) is 4.53. The van der Waals surface area contributed by atoms with Gasteiger partial charge in [-0.1, -0.05) is 25.4 Å². The van der Waals surface area contributed by atoms with Gasteiger partial charge in [0.2, 0.25) is 15.9 Å². The van der Waals surface area contributed by atoms with Crippen LogP contribution in [-0.4, -0.2) is 20.4 Å². The van der Waals surface area contributed by atoms with Crippen LogP contribution in [0, 0.1) is 17.2 Å². The average Bonchev–Trinajstić information content (AvgIpc) is 2.34. The first-order valence-corrected chi connectivity index (χ1v) is 7.56. The Labute approximate surface area is 122 Å². The predicted octanol–water partition coefficient (Wildman–Crippen LogP) is 1.000. The number of carbonyl (C=O) groups is 1. The monoisotopic (exact) mass is 315 g/mol. The zero-order chi connectivity index (χ0) is 15.5. The third-order valence-electron chi connectivity index (χ3n) is 2.61. The highest BCUT2D eigenvalue weighted by Gasteiger charge is 2.27. The van der Waals surface area contributed by atoms with E-state index in [0.29, 0.717) is 0 Å². The SMILES string of the molecule is CC(C)C(NS(=O)(=O)c1ccc(C#N)cc1Cl)C(N)=O. The molecule has 20 heavy (non-hydrogen) atoms. The fourth-order valence-corrected chi connectivity index (χ4v) is 3.44. The molecule has 1 atom stereocenters. The van der Waals surface area contributed by atoms with Crippen molar-refractivity contribution in [3.8, 4) is 6.07 Å². The van der Waals surface area contributed by atoms with Gasteiger partial charge < -0.3 is 5.73 Å². The standard InChI is InChI=1S/C12H14ClN3O3S/c1-7(2)11(12(15)17)16-20(18,19)10-4-3-8(6-14)5-9(10)13/h3-5,7,11,16H,1-2H3,(H2,15,17). The van der Waals surface area contributed by atoms with Crippen LogP contribution in [0.15, 0.2) is 23.1 Å². The Balaban J connectivity index is 3.18. The fourth-order valence-electron chi connectivity index (χ4n) is 1.54. The second kappa shape index (κ2) is 6.22. The van der Waals surface area contributed by atoms with Gasteiger partial charge in [0.25, 0.3) is 0 Å². The van der Waals surface area contributed by atoms with E-state index in [1.807, 2.05) is 6.07 Å². The van der Waals surface area contributed by atoms with Crippen molar-refractivity contribution in [3.05, 3.63) is 28.8 Å². The van der Waals surface area contributed by atoms with E-state index in [9.17, 15) is 13.2 Å². The van der Waals surface area contributed by atoms with Gasteiger partial charge in [-0.15, -0.1) is 0 Å². The number of nitrogens with zero attached hydrogens (tertiary/aromatic N) is 1. The molecule has 6 nitrogen and oxygen atoms in total. The number of rotatable bonds is 5. The smallest absolute Gasteiger partial charge is 0.242 e. The number of hydrogen-bond donors (Lipinski definition) is 2. The Morgan fingerprint density at radius 3 is 2.45 bits per heavy atom. The van der Waals surface area contributed by atoms with Gasteiger partial charge >= 0.3 is 0 Å². The van der Waals surface area contributed by atoms with Crippen molar-refractivity contribution in [3.63, 3.8) is 0 Å². The maximum absolute atomic E-state index is 12.2. The zero-order valence-corrected chi connectivity index (χ0v) is 12.5. The number of nitriles is 1. The minimum absolute atomic E-state index is 0.0940. The van der Waals surface area contributed by atoms with Crippen molar-refractivity contribution in [1.29, 1.82) is 5.26 Å². The first kappa shape index (κ1) is 16.4. The Morgan fingerprint density at radius 1 is 1.45 bits per heavy atom. The van der Waals surface area contributed by atoms with Gasteiger partial charge in [-0.25, -0.2) is 8.42 Å². The molecule has 1 aromatic carbocycles. The third kappa shape index (κ3) is 3.70. The van der Waals surface area contributed by atoms with Gasteiger partial charge in [0.05, 0.1) is 16.7 Å². The molecule has 0 spiro atoms. The Hall–Kier alpha value is -1.62. The molecule has 0 aliphatic heterocycles. The van der Waals surface area contributed by atoms with Crippen LogP contribution in [0.5, 0.6) is 0 Å². The minimum atomic E-state index is -4.00. The van der Waals surface area contributed by atoms with Gasteiger partial charge in [-0.05, 0) is 24.1 Å². The second-order valence-electron chi connectivity index (χ2n) is 4.50. The van der Waals surface area contributed by atoms with E-state index in [2.05, 4.69) is 4.72 Å². The number of nitrogens with two attached hydrogens (primary N) is 1.